The second kappa shape index (κ2) is 6.20. The van der Waals surface area contributed by atoms with Gasteiger partial charge in [0.15, 0.2) is 5.13 Å². The maximum absolute atomic E-state index is 5.74. The Kier molecular flexibility index (Phi) is 4.60. The van der Waals surface area contributed by atoms with E-state index in [-0.39, 0.29) is 0 Å². The lowest BCUT2D eigenvalue weighted by atomic mass is 10.2. The highest BCUT2D eigenvalue weighted by Gasteiger charge is 2.03. The number of anilines is 1. The van der Waals surface area contributed by atoms with Gasteiger partial charge in [-0.2, -0.15) is 0 Å². The smallest absolute Gasteiger partial charge is 0.182 e. The first-order valence-electron chi connectivity index (χ1n) is 5.76. The zero-order valence-electron chi connectivity index (χ0n) is 10.4. The van der Waals surface area contributed by atoms with Crippen LogP contribution in [0.4, 0.5) is 5.13 Å². The molecule has 0 fully saturated rings. The zero-order valence-corrected chi connectivity index (χ0v) is 12.8. The van der Waals surface area contributed by atoms with Gasteiger partial charge in [0.2, 0.25) is 0 Å². The largest absolute Gasteiger partial charge is 0.488 e. The van der Waals surface area contributed by atoms with Gasteiger partial charge in [0.25, 0.3) is 0 Å². The fourth-order valence-electron chi connectivity index (χ4n) is 1.47. The van der Waals surface area contributed by atoms with Crippen molar-refractivity contribution in [3.63, 3.8) is 0 Å². The van der Waals surface area contributed by atoms with Crippen molar-refractivity contribution in [3.8, 4) is 5.75 Å². The lowest BCUT2D eigenvalue weighted by Gasteiger charge is -2.06. The number of nitrogens with one attached hydrogen (secondary N) is 1. The number of hydrogen-bond donors (Lipinski definition) is 1. The summed E-state index contributed by atoms with van der Waals surface area (Å²) in [6.07, 6.45) is 1.86. The van der Waals surface area contributed by atoms with E-state index in [0.29, 0.717) is 6.61 Å². The third-order valence-electron chi connectivity index (χ3n) is 2.39. The summed E-state index contributed by atoms with van der Waals surface area (Å²) in [7, 11) is 0. The van der Waals surface area contributed by atoms with Crippen molar-refractivity contribution in [3.05, 3.63) is 39.3 Å². The summed E-state index contributed by atoms with van der Waals surface area (Å²) in [5.41, 5.74) is 1.17. The molecule has 0 aliphatic carbocycles. The van der Waals surface area contributed by atoms with Gasteiger partial charge in [0.1, 0.15) is 12.4 Å². The Labute approximate surface area is 119 Å². The number of aromatic nitrogens is 1. The fourth-order valence-corrected chi connectivity index (χ4v) is 2.51. The molecule has 5 heteroatoms. The van der Waals surface area contributed by atoms with E-state index in [9.17, 15) is 0 Å². The fraction of sp³-hybridized carbons (Fsp3) is 0.308. The number of aryl methyl sites for hydroxylation is 1. The number of benzene rings is 1. The van der Waals surface area contributed by atoms with Crippen LogP contribution in [0.5, 0.6) is 5.75 Å². The molecule has 0 aliphatic heterocycles. The third-order valence-corrected chi connectivity index (χ3v) is 4.21. The number of nitrogens with zero attached hydrogens (tertiary/aromatic N) is 1. The Morgan fingerprint density at radius 1 is 1.44 bits per heavy atom. The minimum Gasteiger partial charge on any atom is -0.488 e. The van der Waals surface area contributed by atoms with Crippen LogP contribution in [0.15, 0.2) is 28.9 Å². The quantitative estimate of drug-likeness (QED) is 0.892. The molecular weight excluding hydrogens is 312 g/mol. The molecule has 2 rings (SSSR count). The van der Waals surface area contributed by atoms with Crippen molar-refractivity contribution in [2.45, 2.75) is 20.5 Å². The van der Waals surface area contributed by atoms with Gasteiger partial charge in [-0.3, -0.25) is 0 Å². The molecule has 0 aliphatic rings. The Hall–Kier alpha value is -1.07. The minimum absolute atomic E-state index is 0.560. The van der Waals surface area contributed by atoms with Crippen molar-refractivity contribution in [2.24, 2.45) is 0 Å². The van der Waals surface area contributed by atoms with Crippen LogP contribution in [-0.2, 0) is 6.61 Å². The molecule has 0 saturated heterocycles. The first-order chi connectivity index (χ1) is 8.69. The van der Waals surface area contributed by atoms with Crippen LogP contribution in [0.1, 0.15) is 17.4 Å². The highest BCUT2D eigenvalue weighted by Crippen LogP contribution is 2.24. The van der Waals surface area contributed by atoms with E-state index in [0.717, 1.165) is 26.8 Å². The average molecular weight is 327 g/mol. The van der Waals surface area contributed by atoms with E-state index in [1.54, 1.807) is 11.3 Å². The molecule has 0 saturated carbocycles. The Morgan fingerprint density at radius 3 is 3.00 bits per heavy atom. The molecule has 3 nitrogen and oxygen atoms in total. The molecule has 1 aromatic carbocycles. The number of ether oxygens (including phenoxy) is 1. The summed E-state index contributed by atoms with van der Waals surface area (Å²) in [5.74, 6) is 0.883. The molecule has 18 heavy (non-hydrogen) atoms. The molecule has 1 N–H and O–H groups in total. The molecule has 1 aromatic heterocycles. The first kappa shape index (κ1) is 13.4. The summed E-state index contributed by atoms with van der Waals surface area (Å²) < 4.78 is 6.84. The van der Waals surface area contributed by atoms with E-state index in [4.69, 9.17) is 4.74 Å². The lowest BCUT2D eigenvalue weighted by Crippen LogP contribution is -1.94. The molecular formula is C13H15BrN2OS. The summed E-state index contributed by atoms with van der Waals surface area (Å²) in [6, 6.07) is 5.99. The van der Waals surface area contributed by atoms with Gasteiger partial charge in [0.05, 0.1) is 4.88 Å². The maximum Gasteiger partial charge on any atom is 0.182 e. The van der Waals surface area contributed by atoms with Crippen molar-refractivity contribution in [2.75, 3.05) is 11.9 Å². The Bertz CT molecular complexity index is 527. The van der Waals surface area contributed by atoms with Crippen LogP contribution in [0.3, 0.4) is 0 Å². The summed E-state index contributed by atoms with van der Waals surface area (Å²) >= 11 is 5.10. The minimum atomic E-state index is 0.560. The zero-order chi connectivity index (χ0) is 13.0. The van der Waals surface area contributed by atoms with Gasteiger partial charge in [0, 0.05) is 17.2 Å². The number of hydrogen-bond acceptors (Lipinski definition) is 4. The van der Waals surface area contributed by atoms with Crippen molar-refractivity contribution in [1.82, 2.24) is 4.98 Å². The number of halogens is 1. The first-order valence-corrected chi connectivity index (χ1v) is 7.37. The van der Waals surface area contributed by atoms with Crippen LogP contribution in [0.2, 0.25) is 0 Å². The maximum atomic E-state index is 5.74. The predicted molar refractivity (Wildman–Crippen MR) is 79.5 cm³/mol. The third kappa shape index (κ3) is 3.46. The van der Waals surface area contributed by atoms with Gasteiger partial charge in [-0.05, 0) is 37.6 Å². The monoisotopic (exact) mass is 326 g/mol. The average Bonchev–Trinajstić information content (AvgIpc) is 2.79. The SMILES string of the molecule is CCNc1ncc(COc2ccc(Br)c(C)c2)s1. The molecule has 0 atom stereocenters. The second-order valence-electron chi connectivity index (χ2n) is 3.86. The molecule has 0 radical (unpaired) electrons. The molecule has 1 heterocycles. The van der Waals surface area contributed by atoms with Gasteiger partial charge < -0.3 is 10.1 Å². The van der Waals surface area contributed by atoms with E-state index in [1.807, 2.05) is 31.3 Å². The van der Waals surface area contributed by atoms with Crippen LogP contribution < -0.4 is 10.1 Å². The van der Waals surface area contributed by atoms with E-state index >= 15 is 0 Å². The van der Waals surface area contributed by atoms with E-state index in [2.05, 4.69) is 33.2 Å². The van der Waals surface area contributed by atoms with Gasteiger partial charge in [-0.1, -0.05) is 27.3 Å². The summed E-state index contributed by atoms with van der Waals surface area (Å²) in [5, 5.41) is 4.14. The van der Waals surface area contributed by atoms with Gasteiger partial charge >= 0.3 is 0 Å². The summed E-state index contributed by atoms with van der Waals surface area (Å²) in [6.45, 7) is 5.55. The Balaban J connectivity index is 1.95. The lowest BCUT2D eigenvalue weighted by molar-refractivity contribution is 0.309. The van der Waals surface area contributed by atoms with Gasteiger partial charge in [-0.15, -0.1) is 0 Å². The molecule has 0 unspecified atom stereocenters. The number of thiazole rings is 1. The molecule has 0 spiro atoms. The van der Waals surface area contributed by atoms with Crippen molar-refractivity contribution < 1.29 is 4.74 Å². The van der Waals surface area contributed by atoms with E-state index in [1.165, 1.54) is 5.56 Å². The second-order valence-corrected chi connectivity index (χ2v) is 5.83. The number of rotatable bonds is 5. The Morgan fingerprint density at radius 2 is 2.28 bits per heavy atom. The predicted octanol–water partition coefficient (Wildman–Crippen LogP) is 4.22. The van der Waals surface area contributed by atoms with Crippen molar-refractivity contribution in [1.29, 1.82) is 0 Å². The molecule has 2 aromatic rings. The topological polar surface area (TPSA) is 34.2 Å². The van der Waals surface area contributed by atoms with Crippen molar-refractivity contribution >= 4 is 32.4 Å². The highest BCUT2D eigenvalue weighted by molar-refractivity contribution is 9.10. The normalized spacial score (nSPS) is 10.4. The summed E-state index contributed by atoms with van der Waals surface area (Å²) in [4.78, 5) is 5.39. The van der Waals surface area contributed by atoms with Gasteiger partial charge in [-0.25, -0.2) is 4.98 Å². The van der Waals surface area contributed by atoms with Crippen LogP contribution in [0.25, 0.3) is 0 Å². The van der Waals surface area contributed by atoms with Crippen LogP contribution in [0, 0.1) is 6.92 Å². The van der Waals surface area contributed by atoms with E-state index < -0.39 is 0 Å². The molecule has 0 amide bonds. The molecule has 96 valence electrons. The standard InChI is InChI=1S/C13H15BrN2OS/c1-3-15-13-16-7-11(18-13)8-17-10-4-5-12(14)9(2)6-10/h4-7H,3,8H2,1-2H3,(H,15,16). The highest BCUT2D eigenvalue weighted by atomic mass is 79.9. The molecule has 0 bridgehead atoms. The van der Waals surface area contributed by atoms with Crippen LogP contribution >= 0.6 is 27.3 Å². The van der Waals surface area contributed by atoms with Crippen LogP contribution in [-0.4, -0.2) is 11.5 Å².